The van der Waals surface area contributed by atoms with Gasteiger partial charge in [-0.05, 0) is 49.4 Å². The summed E-state index contributed by atoms with van der Waals surface area (Å²) < 4.78 is 0. The van der Waals surface area contributed by atoms with Gasteiger partial charge in [-0.25, -0.2) is 0 Å². The number of piperidine rings is 1. The van der Waals surface area contributed by atoms with Gasteiger partial charge < -0.3 is 10.2 Å². The van der Waals surface area contributed by atoms with Gasteiger partial charge in [0.05, 0.1) is 0 Å². The molecule has 1 amide bonds. The van der Waals surface area contributed by atoms with Gasteiger partial charge >= 0.3 is 0 Å². The zero-order valence-electron chi connectivity index (χ0n) is 12.2. The number of nitrogens with zero attached hydrogens (tertiary/aromatic N) is 1. The van der Waals surface area contributed by atoms with E-state index in [9.17, 15) is 4.79 Å². The van der Waals surface area contributed by atoms with Gasteiger partial charge in [-0.3, -0.25) is 4.79 Å². The van der Waals surface area contributed by atoms with E-state index in [0.29, 0.717) is 5.92 Å². The minimum absolute atomic E-state index is 0.184. The Morgan fingerprint density at radius 2 is 2.26 bits per heavy atom. The molecule has 0 saturated carbocycles. The van der Waals surface area contributed by atoms with Crippen LogP contribution in [-0.4, -0.2) is 30.9 Å². The highest BCUT2D eigenvalue weighted by Gasteiger charge is 2.23. The molecule has 0 aliphatic carbocycles. The van der Waals surface area contributed by atoms with Gasteiger partial charge in [0.2, 0.25) is 0 Å². The third-order valence-electron chi connectivity index (χ3n) is 4.13. The average Bonchev–Trinajstić information content (AvgIpc) is 2.46. The van der Waals surface area contributed by atoms with Crippen LogP contribution in [0, 0.1) is 12.8 Å². The van der Waals surface area contributed by atoms with Gasteiger partial charge in [0, 0.05) is 31.4 Å². The molecule has 3 nitrogen and oxygen atoms in total. The first-order valence-corrected chi connectivity index (χ1v) is 7.23. The fourth-order valence-electron chi connectivity index (χ4n) is 2.84. The highest BCUT2D eigenvalue weighted by atomic mass is 16.2. The van der Waals surface area contributed by atoms with Crippen molar-refractivity contribution in [2.45, 2.75) is 33.1 Å². The van der Waals surface area contributed by atoms with E-state index < -0.39 is 0 Å². The van der Waals surface area contributed by atoms with Crippen LogP contribution in [0.3, 0.4) is 0 Å². The Bertz CT molecular complexity index is 456. The van der Waals surface area contributed by atoms with Crippen LogP contribution in [-0.2, 0) is 0 Å². The van der Waals surface area contributed by atoms with Gasteiger partial charge in [-0.15, -0.1) is 0 Å². The molecule has 0 bridgehead atoms. The molecule has 1 atom stereocenters. The van der Waals surface area contributed by atoms with Crippen molar-refractivity contribution in [3.05, 3.63) is 29.3 Å². The largest absolute Gasteiger partial charge is 0.388 e. The number of carbonyl (C=O) groups excluding carboxylic acids is 1. The summed E-state index contributed by atoms with van der Waals surface area (Å²) >= 11 is 0. The highest BCUT2D eigenvalue weighted by molar-refractivity contribution is 5.95. The predicted molar refractivity (Wildman–Crippen MR) is 79.6 cm³/mol. The molecule has 3 heteroatoms. The number of hydrogen-bond donors (Lipinski definition) is 1. The Labute approximate surface area is 116 Å². The van der Waals surface area contributed by atoms with Crippen molar-refractivity contribution in [2.75, 3.05) is 25.5 Å². The lowest BCUT2D eigenvalue weighted by molar-refractivity contribution is 0.0671. The quantitative estimate of drug-likeness (QED) is 0.904. The Kier molecular flexibility index (Phi) is 4.46. The first-order chi connectivity index (χ1) is 9.15. The van der Waals surface area contributed by atoms with E-state index in [1.54, 1.807) is 0 Å². The SMILES string of the molecule is CCC1CCCN(C(=O)c2ccc(NC)c(C)c2)C1. The molecular formula is C16H24N2O. The molecule has 1 aromatic rings. The number of rotatable bonds is 3. The Morgan fingerprint density at radius 1 is 1.47 bits per heavy atom. The zero-order chi connectivity index (χ0) is 13.8. The summed E-state index contributed by atoms with van der Waals surface area (Å²) in [5, 5.41) is 3.13. The van der Waals surface area contributed by atoms with Crippen LogP contribution >= 0.6 is 0 Å². The number of amides is 1. The summed E-state index contributed by atoms with van der Waals surface area (Å²) in [6, 6.07) is 5.91. The van der Waals surface area contributed by atoms with Gasteiger partial charge in [-0.2, -0.15) is 0 Å². The van der Waals surface area contributed by atoms with Gasteiger partial charge in [0.1, 0.15) is 0 Å². The number of anilines is 1. The van der Waals surface area contributed by atoms with Crippen LogP contribution in [0.25, 0.3) is 0 Å². The normalized spacial score (nSPS) is 19.3. The van der Waals surface area contributed by atoms with E-state index >= 15 is 0 Å². The van der Waals surface area contributed by atoms with Crippen LogP contribution in [0.4, 0.5) is 5.69 Å². The molecule has 1 aliphatic rings. The minimum Gasteiger partial charge on any atom is -0.388 e. The third-order valence-corrected chi connectivity index (χ3v) is 4.13. The van der Waals surface area contributed by atoms with Crippen molar-refractivity contribution in [1.29, 1.82) is 0 Å². The zero-order valence-corrected chi connectivity index (χ0v) is 12.2. The molecule has 1 unspecified atom stereocenters. The third kappa shape index (κ3) is 3.09. The fourth-order valence-corrected chi connectivity index (χ4v) is 2.84. The highest BCUT2D eigenvalue weighted by Crippen LogP contribution is 2.22. The van der Waals surface area contributed by atoms with Crippen molar-refractivity contribution in [3.8, 4) is 0 Å². The molecule has 1 aromatic carbocycles. The van der Waals surface area contributed by atoms with Crippen molar-refractivity contribution >= 4 is 11.6 Å². The van der Waals surface area contributed by atoms with Crippen LogP contribution in [0.2, 0.25) is 0 Å². The van der Waals surface area contributed by atoms with Crippen molar-refractivity contribution < 1.29 is 4.79 Å². The molecule has 1 heterocycles. The molecule has 104 valence electrons. The molecule has 19 heavy (non-hydrogen) atoms. The van der Waals surface area contributed by atoms with Crippen LogP contribution in [0.5, 0.6) is 0 Å². The van der Waals surface area contributed by atoms with E-state index in [1.165, 1.54) is 12.8 Å². The Hall–Kier alpha value is -1.51. The number of benzene rings is 1. The monoisotopic (exact) mass is 260 g/mol. The number of nitrogens with one attached hydrogen (secondary N) is 1. The Balaban J connectivity index is 2.12. The summed E-state index contributed by atoms with van der Waals surface area (Å²) in [5.74, 6) is 0.860. The Morgan fingerprint density at radius 3 is 2.89 bits per heavy atom. The predicted octanol–water partition coefficient (Wildman–Crippen LogP) is 3.30. The molecule has 0 radical (unpaired) electrons. The maximum atomic E-state index is 12.5. The molecule has 1 saturated heterocycles. The lowest BCUT2D eigenvalue weighted by Crippen LogP contribution is -2.39. The molecule has 1 aliphatic heterocycles. The molecular weight excluding hydrogens is 236 g/mol. The summed E-state index contributed by atoms with van der Waals surface area (Å²) in [6.45, 7) is 6.07. The van der Waals surface area contributed by atoms with E-state index in [1.807, 2.05) is 37.1 Å². The average molecular weight is 260 g/mol. The fraction of sp³-hybridized carbons (Fsp3) is 0.562. The lowest BCUT2D eigenvalue weighted by atomic mass is 9.95. The van der Waals surface area contributed by atoms with Gasteiger partial charge in [-0.1, -0.05) is 13.3 Å². The maximum absolute atomic E-state index is 12.5. The van der Waals surface area contributed by atoms with Crippen LogP contribution < -0.4 is 5.32 Å². The summed E-state index contributed by atoms with van der Waals surface area (Å²) in [4.78, 5) is 14.5. The smallest absolute Gasteiger partial charge is 0.253 e. The first kappa shape index (κ1) is 13.9. The van der Waals surface area contributed by atoms with Gasteiger partial charge in [0.25, 0.3) is 5.91 Å². The van der Waals surface area contributed by atoms with E-state index in [4.69, 9.17) is 0 Å². The molecule has 0 aromatic heterocycles. The van der Waals surface area contributed by atoms with E-state index in [0.717, 1.165) is 36.3 Å². The number of carbonyl (C=O) groups is 1. The summed E-state index contributed by atoms with van der Waals surface area (Å²) in [7, 11) is 1.90. The summed E-state index contributed by atoms with van der Waals surface area (Å²) in [5.41, 5.74) is 3.02. The number of aryl methyl sites for hydroxylation is 1. The molecule has 0 spiro atoms. The molecule has 2 rings (SSSR count). The van der Waals surface area contributed by atoms with E-state index in [2.05, 4.69) is 12.2 Å². The molecule has 1 fully saturated rings. The number of hydrogen-bond acceptors (Lipinski definition) is 2. The number of likely N-dealkylation sites (tertiary alicyclic amines) is 1. The lowest BCUT2D eigenvalue weighted by Gasteiger charge is -2.32. The molecule has 1 N–H and O–H groups in total. The van der Waals surface area contributed by atoms with Crippen molar-refractivity contribution in [3.63, 3.8) is 0 Å². The van der Waals surface area contributed by atoms with Crippen molar-refractivity contribution in [2.24, 2.45) is 5.92 Å². The first-order valence-electron chi connectivity index (χ1n) is 7.23. The second-order valence-corrected chi connectivity index (χ2v) is 5.45. The second kappa shape index (κ2) is 6.09. The van der Waals surface area contributed by atoms with Crippen molar-refractivity contribution in [1.82, 2.24) is 4.90 Å². The summed E-state index contributed by atoms with van der Waals surface area (Å²) in [6.07, 6.45) is 3.57. The minimum atomic E-state index is 0.184. The van der Waals surface area contributed by atoms with Crippen LogP contribution in [0.15, 0.2) is 18.2 Å². The van der Waals surface area contributed by atoms with Gasteiger partial charge in [0.15, 0.2) is 0 Å². The second-order valence-electron chi connectivity index (χ2n) is 5.45. The topological polar surface area (TPSA) is 32.3 Å². The van der Waals surface area contributed by atoms with E-state index in [-0.39, 0.29) is 5.91 Å². The maximum Gasteiger partial charge on any atom is 0.253 e. The standard InChI is InChI=1S/C16H24N2O/c1-4-13-6-5-9-18(11-13)16(19)14-7-8-15(17-3)12(2)10-14/h7-8,10,13,17H,4-6,9,11H2,1-3H3. The van der Waals surface area contributed by atoms with Crippen LogP contribution in [0.1, 0.15) is 42.1 Å².